The van der Waals surface area contributed by atoms with E-state index in [1.807, 2.05) is 11.1 Å². The molecule has 0 aromatic carbocycles. The van der Waals surface area contributed by atoms with Gasteiger partial charge in [-0.1, -0.05) is 52.2 Å². The quantitative estimate of drug-likeness (QED) is 0.577. The number of rotatable bonds is 2. The second kappa shape index (κ2) is 5.85. The standard InChI is InChI=1S/C24H40O/c1-16(15-25)18-8-9-19-17-7-10-21-22(2,3)12-6-13-24(21,5)20(17)11-14-23(18,19)4/h16,18-19,21,25H,6-15H2,1-5H3/t16-,18-,19-,21+,23-,24-/m1/s1. The Balaban J connectivity index is 1.71. The number of hydrogen-bond donors (Lipinski definition) is 1. The minimum Gasteiger partial charge on any atom is -0.396 e. The summed E-state index contributed by atoms with van der Waals surface area (Å²) in [6.07, 6.45) is 12.5. The van der Waals surface area contributed by atoms with Crippen molar-refractivity contribution >= 4 is 0 Å². The van der Waals surface area contributed by atoms with Gasteiger partial charge in [-0.3, -0.25) is 0 Å². The van der Waals surface area contributed by atoms with Crippen LogP contribution < -0.4 is 0 Å². The fraction of sp³-hybridized carbons (Fsp3) is 0.917. The number of fused-ring (bicyclic) bond motifs is 4. The van der Waals surface area contributed by atoms with E-state index in [1.54, 1.807) is 0 Å². The summed E-state index contributed by atoms with van der Waals surface area (Å²) in [5, 5.41) is 9.77. The van der Waals surface area contributed by atoms with E-state index in [4.69, 9.17) is 0 Å². The Hall–Kier alpha value is -0.300. The molecule has 142 valence electrons. The first kappa shape index (κ1) is 18.1. The molecular weight excluding hydrogens is 304 g/mol. The Morgan fingerprint density at radius 3 is 2.48 bits per heavy atom. The van der Waals surface area contributed by atoms with Crippen LogP contribution in [0, 0.1) is 39.9 Å². The van der Waals surface area contributed by atoms with Crippen LogP contribution in [0.5, 0.6) is 0 Å². The normalized spacial score (nSPS) is 47.0. The minimum atomic E-state index is 0.368. The van der Waals surface area contributed by atoms with E-state index in [0.717, 1.165) is 17.8 Å². The summed E-state index contributed by atoms with van der Waals surface area (Å²) in [4.78, 5) is 0. The number of allylic oxidation sites excluding steroid dienone is 2. The highest BCUT2D eigenvalue weighted by molar-refractivity contribution is 5.35. The van der Waals surface area contributed by atoms with Gasteiger partial charge < -0.3 is 5.11 Å². The van der Waals surface area contributed by atoms with E-state index in [-0.39, 0.29) is 0 Å². The summed E-state index contributed by atoms with van der Waals surface area (Å²) in [6.45, 7) is 12.9. The van der Waals surface area contributed by atoms with Crippen LogP contribution in [0.4, 0.5) is 0 Å². The molecular formula is C24H40O. The first-order chi connectivity index (χ1) is 11.7. The van der Waals surface area contributed by atoms with Crippen LogP contribution in [0.2, 0.25) is 0 Å². The monoisotopic (exact) mass is 344 g/mol. The molecule has 0 aromatic rings. The lowest BCUT2D eigenvalue weighted by Crippen LogP contribution is -2.48. The number of aliphatic hydroxyl groups is 1. The third-order valence-electron chi connectivity index (χ3n) is 9.73. The van der Waals surface area contributed by atoms with Crippen molar-refractivity contribution in [1.82, 2.24) is 0 Å². The van der Waals surface area contributed by atoms with Crippen LogP contribution in [-0.4, -0.2) is 11.7 Å². The number of aliphatic hydroxyl groups excluding tert-OH is 1. The van der Waals surface area contributed by atoms with E-state index in [1.165, 1.54) is 57.8 Å². The lowest BCUT2D eigenvalue weighted by atomic mass is 9.46. The largest absolute Gasteiger partial charge is 0.396 e. The summed E-state index contributed by atoms with van der Waals surface area (Å²) in [6, 6.07) is 0. The molecule has 0 bridgehead atoms. The van der Waals surface area contributed by atoms with E-state index < -0.39 is 0 Å². The highest BCUT2D eigenvalue weighted by atomic mass is 16.3. The van der Waals surface area contributed by atoms with Gasteiger partial charge in [-0.15, -0.1) is 0 Å². The SMILES string of the molecule is C[C@H](CO)[C@H]1CC[C@@H]2C3=C(CC[C@@]21C)[C@@]1(C)CCCC(C)(C)[C@@H]1CC3. The molecule has 25 heavy (non-hydrogen) atoms. The molecule has 6 atom stereocenters. The van der Waals surface area contributed by atoms with Gasteiger partial charge in [-0.2, -0.15) is 0 Å². The molecule has 0 aromatic heterocycles. The van der Waals surface area contributed by atoms with Crippen LogP contribution in [0.3, 0.4) is 0 Å². The van der Waals surface area contributed by atoms with Gasteiger partial charge >= 0.3 is 0 Å². The maximum Gasteiger partial charge on any atom is 0.0459 e. The molecule has 0 unspecified atom stereocenters. The molecule has 0 spiro atoms. The lowest BCUT2D eigenvalue weighted by molar-refractivity contribution is -0.00526. The third-order valence-corrected chi connectivity index (χ3v) is 9.73. The van der Waals surface area contributed by atoms with E-state index in [2.05, 4.69) is 34.6 Å². The molecule has 1 N–H and O–H groups in total. The predicted molar refractivity (Wildman–Crippen MR) is 105 cm³/mol. The van der Waals surface area contributed by atoms with E-state index in [9.17, 15) is 5.11 Å². The van der Waals surface area contributed by atoms with Crippen molar-refractivity contribution in [2.24, 2.45) is 39.9 Å². The first-order valence-corrected chi connectivity index (χ1v) is 11.1. The molecule has 4 aliphatic carbocycles. The summed E-state index contributed by atoms with van der Waals surface area (Å²) in [5.41, 5.74) is 5.27. The molecule has 4 aliphatic rings. The second-order valence-electron chi connectivity index (χ2n) is 11.3. The van der Waals surface area contributed by atoms with Gasteiger partial charge in [0.2, 0.25) is 0 Å². The average Bonchev–Trinajstić information content (AvgIpc) is 2.90. The predicted octanol–water partition coefficient (Wildman–Crippen LogP) is 6.36. The molecule has 0 amide bonds. The van der Waals surface area contributed by atoms with Crippen LogP contribution in [0.15, 0.2) is 11.1 Å². The molecule has 0 aliphatic heterocycles. The van der Waals surface area contributed by atoms with E-state index >= 15 is 0 Å². The lowest BCUT2D eigenvalue weighted by Gasteiger charge is -2.58. The van der Waals surface area contributed by atoms with Gasteiger partial charge in [0.25, 0.3) is 0 Å². The van der Waals surface area contributed by atoms with Crippen LogP contribution >= 0.6 is 0 Å². The molecule has 1 nitrogen and oxygen atoms in total. The Morgan fingerprint density at radius 2 is 1.76 bits per heavy atom. The van der Waals surface area contributed by atoms with Crippen LogP contribution in [-0.2, 0) is 0 Å². The molecule has 2 saturated carbocycles. The summed E-state index contributed by atoms with van der Waals surface area (Å²) >= 11 is 0. The molecule has 4 rings (SSSR count). The summed E-state index contributed by atoms with van der Waals surface area (Å²) < 4.78 is 0. The van der Waals surface area contributed by atoms with Crippen molar-refractivity contribution in [3.05, 3.63) is 11.1 Å². The summed E-state index contributed by atoms with van der Waals surface area (Å²) in [5.74, 6) is 2.91. The van der Waals surface area contributed by atoms with Gasteiger partial charge in [-0.25, -0.2) is 0 Å². The zero-order valence-corrected chi connectivity index (χ0v) is 17.3. The molecule has 0 saturated heterocycles. The highest BCUT2D eigenvalue weighted by Gasteiger charge is 2.57. The first-order valence-electron chi connectivity index (χ1n) is 11.1. The van der Waals surface area contributed by atoms with Crippen molar-refractivity contribution < 1.29 is 5.11 Å². The fourth-order valence-electron chi connectivity index (χ4n) is 8.49. The minimum absolute atomic E-state index is 0.368. The third kappa shape index (κ3) is 2.43. The highest BCUT2D eigenvalue weighted by Crippen LogP contribution is 2.67. The Kier molecular flexibility index (Phi) is 4.23. The van der Waals surface area contributed by atoms with Gasteiger partial charge in [0, 0.05) is 6.61 Å². The Labute approximate surface area is 155 Å². The fourth-order valence-corrected chi connectivity index (χ4v) is 8.49. The van der Waals surface area contributed by atoms with Crippen LogP contribution in [0.1, 0.15) is 92.4 Å². The molecule has 2 fully saturated rings. The van der Waals surface area contributed by atoms with Crippen molar-refractivity contribution in [1.29, 1.82) is 0 Å². The molecule has 1 heteroatoms. The van der Waals surface area contributed by atoms with Gasteiger partial charge in [0.15, 0.2) is 0 Å². The van der Waals surface area contributed by atoms with Gasteiger partial charge in [-0.05, 0) is 91.3 Å². The van der Waals surface area contributed by atoms with Crippen molar-refractivity contribution in [2.45, 2.75) is 92.4 Å². The van der Waals surface area contributed by atoms with Crippen molar-refractivity contribution in [3.63, 3.8) is 0 Å². The summed E-state index contributed by atoms with van der Waals surface area (Å²) in [7, 11) is 0. The van der Waals surface area contributed by atoms with E-state index in [0.29, 0.717) is 28.8 Å². The zero-order valence-electron chi connectivity index (χ0n) is 17.3. The Morgan fingerprint density at radius 1 is 1.00 bits per heavy atom. The van der Waals surface area contributed by atoms with Gasteiger partial charge in [0.1, 0.15) is 0 Å². The molecule has 0 heterocycles. The van der Waals surface area contributed by atoms with Crippen molar-refractivity contribution in [2.75, 3.05) is 6.61 Å². The maximum atomic E-state index is 9.77. The van der Waals surface area contributed by atoms with Crippen molar-refractivity contribution in [3.8, 4) is 0 Å². The molecule has 0 radical (unpaired) electrons. The average molecular weight is 345 g/mol. The smallest absolute Gasteiger partial charge is 0.0459 e. The van der Waals surface area contributed by atoms with Crippen LogP contribution in [0.25, 0.3) is 0 Å². The topological polar surface area (TPSA) is 20.2 Å². The zero-order chi connectivity index (χ0) is 18.0. The number of hydrogen-bond acceptors (Lipinski definition) is 1. The van der Waals surface area contributed by atoms with Gasteiger partial charge in [0.05, 0.1) is 0 Å². The maximum absolute atomic E-state index is 9.77. The Bertz CT molecular complexity index is 573. The second-order valence-corrected chi connectivity index (χ2v) is 11.3.